The lowest BCUT2D eigenvalue weighted by atomic mass is 10.2. The number of nitrogens with one attached hydrogen (secondary N) is 2. The Kier molecular flexibility index (Phi) is 5.31. The first-order valence-corrected chi connectivity index (χ1v) is 7.23. The van der Waals surface area contributed by atoms with Gasteiger partial charge in [0.1, 0.15) is 0 Å². The second-order valence-corrected chi connectivity index (χ2v) is 4.54. The van der Waals surface area contributed by atoms with E-state index in [4.69, 9.17) is 0 Å². The summed E-state index contributed by atoms with van der Waals surface area (Å²) < 4.78 is 0. The molecule has 0 radical (unpaired) electrons. The Morgan fingerprint density at radius 3 is 2.24 bits per heavy atom. The minimum Gasteiger partial charge on any atom is -0.357 e. The van der Waals surface area contributed by atoms with Crippen LogP contribution in [0.2, 0.25) is 0 Å². The SMILES string of the molecule is CCN(CC)c1nc(NC)nc(NCc2ccccc2)n1. The molecule has 0 fully saturated rings. The van der Waals surface area contributed by atoms with Crippen molar-refractivity contribution < 1.29 is 0 Å². The second-order valence-electron chi connectivity index (χ2n) is 4.54. The highest BCUT2D eigenvalue weighted by atomic mass is 15.3. The van der Waals surface area contributed by atoms with Crippen molar-refractivity contribution in [1.29, 1.82) is 0 Å². The number of benzene rings is 1. The van der Waals surface area contributed by atoms with Crippen LogP contribution in [0.25, 0.3) is 0 Å². The van der Waals surface area contributed by atoms with Crippen LogP contribution in [0.1, 0.15) is 19.4 Å². The van der Waals surface area contributed by atoms with Gasteiger partial charge in [0.2, 0.25) is 17.8 Å². The van der Waals surface area contributed by atoms with Gasteiger partial charge < -0.3 is 15.5 Å². The molecular weight excluding hydrogens is 264 g/mol. The molecule has 2 aromatic rings. The van der Waals surface area contributed by atoms with E-state index in [2.05, 4.69) is 56.5 Å². The summed E-state index contributed by atoms with van der Waals surface area (Å²) in [4.78, 5) is 15.3. The summed E-state index contributed by atoms with van der Waals surface area (Å²) in [5.74, 6) is 1.84. The highest BCUT2D eigenvalue weighted by Gasteiger charge is 2.10. The number of rotatable bonds is 7. The number of hydrogen-bond acceptors (Lipinski definition) is 6. The van der Waals surface area contributed by atoms with E-state index in [0.717, 1.165) is 13.1 Å². The normalized spacial score (nSPS) is 10.2. The zero-order valence-electron chi connectivity index (χ0n) is 12.8. The van der Waals surface area contributed by atoms with Crippen LogP contribution in [0.15, 0.2) is 30.3 Å². The molecule has 1 heterocycles. The Morgan fingerprint density at radius 2 is 1.62 bits per heavy atom. The van der Waals surface area contributed by atoms with E-state index < -0.39 is 0 Å². The van der Waals surface area contributed by atoms with Crippen molar-refractivity contribution >= 4 is 17.8 Å². The smallest absolute Gasteiger partial charge is 0.231 e. The largest absolute Gasteiger partial charge is 0.357 e. The van der Waals surface area contributed by atoms with E-state index in [1.165, 1.54) is 5.56 Å². The molecule has 0 aliphatic heterocycles. The van der Waals surface area contributed by atoms with Gasteiger partial charge in [0.05, 0.1) is 0 Å². The van der Waals surface area contributed by atoms with E-state index in [0.29, 0.717) is 24.4 Å². The Bertz CT molecular complexity index is 553. The fourth-order valence-corrected chi connectivity index (χ4v) is 1.98. The Balaban J connectivity index is 2.16. The van der Waals surface area contributed by atoms with Gasteiger partial charge in [-0.25, -0.2) is 0 Å². The molecule has 1 aromatic heterocycles. The van der Waals surface area contributed by atoms with Crippen LogP contribution in [0.4, 0.5) is 17.8 Å². The van der Waals surface area contributed by atoms with E-state index in [1.54, 1.807) is 0 Å². The van der Waals surface area contributed by atoms with Gasteiger partial charge in [-0.3, -0.25) is 0 Å². The lowest BCUT2D eigenvalue weighted by Gasteiger charge is -2.19. The van der Waals surface area contributed by atoms with E-state index >= 15 is 0 Å². The zero-order chi connectivity index (χ0) is 15.1. The van der Waals surface area contributed by atoms with Crippen molar-refractivity contribution in [2.45, 2.75) is 20.4 Å². The van der Waals surface area contributed by atoms with E-state index in [9.17, 15) is 0 Å². The van der Waals surface area contributed by atoms with Crippen LogP contribution >= 0.6 is 0 Å². The van der Waals surface area contributed by atoms with Crippen molar-refractivity contribution in [2.75, 3.05) is 35.7 Å². The fraction of sp³-hybridized carbons (Fsp3) is 0.400. The van der Waals surface area contributed by atoms with Crippen LogP contribution < -0.4 is 15.5 Å². The molecule has 0 unspecified atom stereocenters. The third-order valence-corrected chi connectivity index (χ3v) is 3.19. The minimum absolute atomic E-state index is 0.572. The van der Waals surface area contributed by atoms with Crippen LogP contribution in [0, 0.1) is 0 Å². The fourth-order valence-electron chi connectivity index (χ4n) is 1.98. The van der Waals surface area contributed by atoms with Crippen LogP contribution in [0.5, 0.6) is 0 Å². The molecular formula is C15H22N6. The molecule has 2 rings (SSSR count). The van der Waals surface area contributed by atoms with E-state index in [-0.39, 0.29) is 0 Å². The summed E-state index contributed by atoms with van der Waals surface area (Å²) in [6.07, 6.45) is 0. The molecule has 0 saturated carbocycles. The molecule has 0 bridgehead atoms. The zero-order valence-corrected chi connectivity index (χ0v) is 12.8. The molecule has 0 atom stereocenters. The molecule has 6 heteroatoms. The average Bonchev–Trinajstić information content (AvgIpc) is 2.55. The predicted molar refractivity (Wildman–Crippen MR) is 86.7 cm³/mol. The van der Waals surface area contributed by atoms with Crippen molar-refractivity contribution in [2.24, 2.45) is 0 Å². The van der Waals surface area contributed by atoms with Crippen LogP contribution in [-0.2, 0) is 6.54 Å². The summed E-state index contributed by atoms with van der Waals surface area (Å²) in [6, 6.07) is 10.2. The summed E-state index contributed by atoms with van der Waals surface area (Å²) in [5.41, 5.74) is 1.19. The molecule has 0 spiro atoms. The molecule has 112 valence electrons. The third kappa shape index (κ3) is 4.05. The standard InChI is InChI=1S/C15H22N6/c1-4-21(5-2)15-19-13(16-3)18-14(20-15)17-11-12-9-7-6-8-10-12/h6-10H,4-5,11H2,1-3H3,(H2,16,17,18,19,20). The quantitative estimate of drug-likeness (QED) is 0.814. The molecule has 1 aromatic carbocycles. The highest BCUT2D eigenvalue weighted by Crippen LogP contribution is 2.13. The first kappa shape index (κ1) is 15.0. The molecule has 0 saturated heterocycles. The maximum absolute atomic E-state index is 4.49. The Morgan fingerprint density at radius 1 is 0.952 bits per heavy atom. The predicted octanol–water partition coefficient (Wildman–Crippen LogP) is 2.37. The summed E-state index contributed by atoms with van der Waals surface area (Å²) in [5, 5.41) is 6.23. The number of hydrogen-bond donors (Lipinski definition) is 2. The highest BCUT2D eigenvalue weighted by molar-refractivity contribution is 5.43. The van der Waals surface area contributed by atoms with Crippen molar-refractivity contribution in [3.05, 3.63) is 35.9 Å². The van der Waals surface area contributed by atoms with Gasteiger partial charge in [0.25, 0.3) is 0 Å². The molecule has 0 aliphatic rings. The molecule has 21 heavy (non-hydrogen) atoms. The van der Waals surface area contributed by atoms with Gasteiger partial charge in [-0.05, 0) is 19.4 Å². The van der Waals surface area contributed by atoms with Crippen LogP contribution in [0.3, 0.4) is 0 Å². The minimum atomic E-state index is 0.572. The van der Waals surface area contributed by atoms with Crippen molar-refractivity contribution in [3.8, 4) is 0 Å². The van der Waals surface area contributed by atoms with Gasteiger partial charge in [-0.1, -0.05) is 30.3 Å². The number of aromatic nitrogens is 3. The maximum atomic E-state index is 4.49. The monoisotopic (exact) mass is 286 g/mol. The molecule has 0 aliphatic carbocycles. The second kappa shape index (κ2) is 7.42. The summed E-state index contributed by atoms with van der Waals surface area (Å²) in [6.45, 7) is 6.59. The first-order valence-electron chi connectivity index (χ1n) is 7.23. The lowest BCUT2D eigenvalue weighted by molar-refractivity contribution is 0.812. The van der Waals surface area contributed by atoms with Crippen molar-refractivity contribution in [3.63, 3.8) is 0 Å². The molecule has 2 N–H and O–H groups in total. The Labute approximate surface area is 125 Å². The number of nitrogens with zero attached hydrogens (tertiary/aromatic N) is 4. The van der Waals surface area contributed by atoms with Gasteiger partial charge in [0.15, 0.2) is 0 Å². The maximum Gasteiger partial charge on any atom is 0.231 e. The third-order valence-electron chi connectivity index (χ3n) is 3.19. The van der Waals surface area contributed by atoms with Gasteiger partial charge in [-0.15, -0.1) is 0 Å². The molecule has 0 amide bonds. The summed E-state index contributed by atoms with van der Waals surface area (Å²) in [7, 11) is 1.81. The summed E-state index contributed by atoms with van der Waals surface area (Å²) >= 11 is 0. The van der Waals surface area contributed by atoms with Crippen molar-refractivity contribution in [1.82, 2.24) is 15.0 Å². The van der Waals surface area contributed by atoms with Crippen LogP contribution in [-0.4, -0.2) is 35.1 Å². The average molecular weight is 286 g/mol. The number of anilines is 3. The Hall–Kier alpha value is -2.37. The van der Waals surface area contributed by atoms with Gasteiger partial charge in [0, 0.05) is 26.7 Å². The van der Waals surface area contributed by atoms with Gasteiger partial charge in [-0.2, -0.15) is 15.0 Å². The van der Waals surface area contributed by atoms with Gasteiger partial charge >= 0.3 is 0 Å². The van der Waals surface area contributed by atoms with E-state index in [1.807, 2.05) is 25.2 Å². The lowest BCUT2D eigenvalue weighted by Crippen LogP contribution is -2.25. The first-order chi connectivity index (χ1) is 10.3. The topological polar surface area (TPSA) is 66.0 Å². The molecule has 6 nitrogen and oxygen atoms in total.